The van der Waals surface area contributed by atoms with Crippen LogP contribution in [-0.4, -0.2) is 41.7 Å². The molecule has 0 bridgehead atoms. The first-order chi connectivity index (χ1) is 9.55. The van der Waals surface area contributed by atoms with Crippen LogP contribution in [-0.2, 0) is 9.53 Å². The van der Waals surface area contributed by atoms with Gasteiger partial charge >= 0.3 is 5.97 Å². The largest absolute Gasteiger partial charge is 0.481 e. The number of carboxylic acids is 1. The number of rotatable bonds is 4. The van der Waals surface area contributed by atoms with Crippen LogP contribution in [0.1, 0.15) is 23.2 Å². The van der Waals surface area contributed by atoms with Crippen molar-refractivity contribution in [2.24, 2.45) is 5.41 Å². The number of hydrogen-bond donors (Lipinski definition) is 2. The van der Waals surface area contributed by atoms with Crippen molar-refractivity contribution in [3.05, 3.63) is 29.0 Å². The number of amides is 1. The first-order valence-corrected chi connectivity index (χ1v) is 6.62. The smallest absolute Gasteiger partial charge is 0.311 e. The van der Waals surface area contributed by atoms with E-state index in [0.29, 0.717) is 26.1 Å². The van der Waals surface area contributed by atoms with E-state index in [1.165, 1.54) is 18.5 Å². The van der Waals surface area contributed by atoms with Crippen LogP contribution >= 0.6 is 11.6 Å². The summed E-state index contributed by atoms with van der Waals surface area (Å²) in [5.74, 6) is -1.34. The van der Waals surface area contributed by atoms with E-state index in [-0.39, 0.29) is 17.1 Å². The fourth-order valence-electron chi connectivity index (χ4n) is 2.12. The molecule has 0 spiro atoms. The quantitative estimate of drug-likeness (QED) is 0.876. The van der Waals surface area contributed by atoms with Gasteiger partial charge in [-0.25, -0.2) is 0 Å². The molecular weight excluding hydrogens is 284 g/mol. The molecule has 7 heteroatoms. The number of pyridine rings is 1. The Balaban J connectivity index is 2.05. The molecule has 0 aromatic carbocycles. The molecule has 0 atom stereocenters. The van der Waals surface area contributed by atoms with E-state index in [9.17, 15) is 14.7 Å². The Kier molecular flexibility index (Phi) is 4.57. The van der Waals surface area contributed by atoms with Gasteiger partial charge in [-0.05, 0) is 18.9 Å². The summed E-state index contributed by atoms with van der Waals surface area (Å²) in [7, 11) is 0. The zero-order valence-corrected chi connectivity index (χ0v) is 11.5. The third-order valence-electron chi connectivity index (χ3n) is 3.50. The van der Waals surface area contributed by atoms with E-state index in [1.807, 2.05) is 0 Å². The third kappa shape index (κ3) is 3.08. The topological polar surface area (TPSA) is 88.5 Å². The van der Waals surface area contributed by atoms with Crippen LogP contribution in [0.3, 0.4) is 0 Å². The molecule has 1 aromatic heterocycles. The maximum Gasteiger partial charge on any atom is 0.311 e. The molecule has 108 valence electrons. The second-order valence-corrected chi connectivity index (χ2v) is 5.14. The van der Waals surface area contributed by atoms with Crippen LogP contribution in [0.5, 0.6) is 0 Å². The van der Waals surface area contributed by atoms with Crippen molar-refractivity contribution in [1.82, 2.24) is 10.3 Å². The molecule has 1 fully saturated rings. The van der Waals surface area contributed by atoms with Crippen LogP contribution in [0.15, 0.2) is 18.5 Å². The highest BCUT2D eigenvalue weighted by Crippen LogP contribution is 2.30. The molecule has 1 amide bonds. The van der Waals surface area contributed by atoms with Gasteiger partial charge in [0.05, 0.1) is 16.0 Å². The lowest BCUT2D eigenvalue weighted by molar-refractivity contribution is -0.154. The molecule has 1 saturated heterocycles. The van der Waals surface area contributed by atoms with Gasteiger partial charge in [-0.15, -0.1) is 0 Å². The highest BCUT2D eigenvalue weighted by Gasteiger charge is 2.40. The normalized spacial score (nSPS) is 17.4. The van der Waals surface area contributed by atoms with E-state index in [2.05, 4.69) is 10.3 Å². The predicted octanol–water partition coefficient (Wildman–Crippen LogP) is 1.35. The zero-order chi connectivity index (χ0) is 14.6. The lowest BCUT2D eigenvalue weighted by atomic mass is 9.80. The second-order valence-electron chi connectivity index (χ2n) is 4.74. The van der Waals surface area contributed by atoms with Gasteiger partial charge in [0.2, 0.25) is 0 Å². The lowest BCUT2D eigenvalue weighted by Crippen LogP contribution is -2.46. The van der Waals surface area contributed by atoms with Gasteiger partial charge in [0, 0.05) is 32.2 Å². The summed E-state index contributed by atoms with van der Waals surface area (Å²) in [6.07, 6.45) is 3.60. The van der Waals surface area contributed by atoms with Crippen LogP contribution in [0.4, 0.5) is 0 Å². The SMILES string of the molecule is O=C(NCC1(C(=O)O)CCOCC1)c1cnccc1Cl. The monoisotopic (exact) mass is 298 g/mol. The minimum atomic E-state index is -0.970. The number of nitrogens with zero attached hydrogens (tertiary/aromatic N) is 1. The number of carbonyl (C=O) groups excluding carboxylic acids is 1. The highest BCUT2D eigenvalue weighted by molar-refractivity contribution is 6.33. The molecule has 1 aromatic rings. The number of ether oxygens (including phenoxy) is 1. The van der Waals surface area contributed by atoms with E-state index < -0.39 is 17.3 Å². The summed E-state index contributed by atoms with van der Waals surface area (Å²) in [4.78, 5) is 27.3. The molecular formula is C13H15ClN2O4. The van der Waals surface area contributed by atoms with Crippen LogP contribution in [0, 0.1) is 5.41 Å². The van der Waals surface area contributed by atoms with Gasteiger partial charge in [-0.3, -0.25) is 14.6 Å². The number of hydrogen-bond acceptors (Lipinski definition) is 4. The van der Waals surface area contributed by atoms with Gasteiger partial charge in [0.1, 0.15) is 0 Å². The minimum Gasteiger partial charge on any atom is -0.481 e. The van der Waals surface area contributed by atoms with Crippen LogP contribution < -0.4 is 5.32 Å². The van der Waals surface area contributed by atoms with E-state index in [1.54, 1.807) is 0 Å². The number of nitrogens with one attached hydrogen (secondary N) is 1. The molecule has 2 heterocycles. The second kappa shape index (κ2) is 6.19. The molecule has 20 heavy (non-hydrogen) atoms. The summed E-state index contributed by atoms with van der Waals surface area (Å²) in [6.45, 7) is 0.821. The molecule has 1 aliphatic heterocycles. The van der Waals surface area contributed by atoms with E-state index in [0.717, 1.165) is 0 Å². The average molecular weight is 299 g/mol. The first-order valence-electron chi connectivity index (χ1n) is 6.24. The molecule has 0 saturated carbocycles. The van der Waals surface area contributed by atoms with Crippen molar-refractivity contribution in [2.45, 2.75) is 12.8 Å². The zero-order valence-electron chi connectivity index (χ0n) is 10.8. The van der Waals surface area contributed by atoms with Gasteiger partial charge in [0.15, 0.2) is 0 Å². The van der Waals surface area contributed by atoms with Gasteiger partial charge < -0.3 is 15.2 Å². The van der Waals surface area contributed by atoms with Gasteiger partial charge in [-0.2, -0.15) is 0 Å². The standard InChI is InChI=1S/C13H15ClN2O4/c14-10-1-4-15-7-9(10)11(17)16-8-13(12(18)19)2-5-20-6-3-13/h1,4,7H,2-3,5-6,8H2,(H,16,17)(H,18,19). The van der Waals surface area contributed by atoms with Crippen molar-refractivity contribution in [2.75, 3.05) is 19.8 Å². The Bertz CT molecular complexity index is 515. The fraction of sp³-hybridized carbons (Fsp3) is 0.462. The number of aromatic nitrogens is 1. The summed E-state index contributed by atoms with van der Waals surface area (Å²) in [6, 6.07) is 1.51. The molecule has 0 aliphatic carbocycles. The maximum atomic E-state index is 12.0. The summed E-state index contributed by atoms with van der Waals surface area (Å²) in [5.41, 5.74) is -0.732. The van der Waals surface area contributed by atoms with Crippen LogP contribution in [0.2, 0.25) is 5.02 Å². The molecule has 0 unspecified atom stereocenters. The van der Waals surface area contributed by atoms with E-state index >= 15 is 0 Å². The summed E-state index contributed by atoms with van der Waals surface area (Å²) >= 11 is 5.90. The highest BCUT2D eigenvalue weighted by atomic mass is 35.5. The fourth-order valence-corrected chi connectivity index (χ4v) is 2.31. The summed E-state index contributed by atoms with van der Waals surface area (Å²) in [5, 5.41) is 12.3. The van der Waals surface area contributed by atoms with Crippen molar-refractivity contribution < 1.29 is 19.4 Å². The van der Waals surface area contributed by atoms with Crippen molar-refractivity contribution in [3.8, 4) is 0 Å². The Hall–Kier alpha value is -1.66. The third-order valence-corrected chi connectivity index (χ3v) is 3.83. The Morgan fingerprint density at radius 1 is 1.45 bits per heavy atom. The lowest BCUT2D eigenvalue weighted by Gasteiger charge is -2.33. The van der Waals surface area contributed by atoms with Crippen molar-refractivity contribution in [3.63, 3.8) is 0 Å². The van der Waals surface area contributed by atoms with Crippen LogP contribution in [0.25, 0.3) is 0 Å². The number of carboxylic acid groups (broad SMARTS) is 1. The van der Waals surface area contributed by atoms with Crippen molar-refractivity contribution in [1.29, 1.82) is 0 Å². The molecule has 0 radical (unpaired) electrons. The summed E-state index contributed by atoms with van der Waals surface area (Å²) < 4.78 is 5.18. The number of carbonyl (C=O) groups is 2. The number of halogens is 1. The molecule has 6 nitrogen and oxygen atoms in total. The number of aliphatic carboxylic acids is 1. The average Bonchev–Trinajstić information content (AvgIpc) is 2.46. The Labute approximate surface area is 121 Å². The maximum absolute atomic E-state index is 12.0. The van der Waals surface area contributed by atoms with Crippen molar-refractivity contribution >= 4 is 23.5 Å². The molecule has 2 rings (SSSR count). The van der Waals surface area contributed by atoms with Gasteiger partial charge in [-0.1, -0.05) is 11.6 Å². The predicted molar refractivity (Wildman–Crippen MR) is 71.7 cm³/mol. The van der Waals surface area contributed by atoms with E-state index in [4.69, 9.17) is 16.3 Å². The Morgan fingerprint density at radius 3 is 2.75 bits per heavy atom. The minimum absolute atomic E-state index is 0.0513. The molecule has 2 N–H and O–H groups in total. The Morgan fingerprint density at radius 2 is 2.15 bits per heavy atom. The van der Waals surface area contributed by atoms with Gasteiger partial charge in [0.25, 0.3) is 5.91 Å². The first kappa shape index (κ1) is 14.7. The molecule has 1 aliphatic rings.